The number of nitro benzene ring substituents is 1. The van der Waals surface area contributed by atoms with Crippen LogP contribution < -0.4 is 5.32 Å². The van der Waals surface area contributed by atoms with Crippen LogP contribution >= 0.6 is 0 Å². The van der Waals surface area contributed by atoms with Gasteiger partial charge in [-0.3, -0.25) is 14.9 Å². The molecule has 24 heavy (non-hydrogen) atoms. The predicted molar refractivity (Wildman–Crippen MR) is 90.5 cm³/mol. The first-order valence-electron chi connectivity index (χ1n) is 7.64. The van der Waals surface area contributed by atoms with Gasteiger partial charge in [0.2, 0.25) is 0 Å². The highest BCUT2D eigenvalue weighted by molar-refractivity contribution is 5.70. The van der Waals surface area contributed by atoms with Crippen LogP contribution in [0.5, 0.6) is 0 Å². The minimum atomic E-state index is -0.519. The van der Waals surface area contributed by atoms with E-state index in [4.69, 9.17) is 4.74 Å². The third kappa shape index (κ3) is 4.39. The lowest BCUT2D eigenvalue weighted by molar-refractivity contribution is -0.385. The summed E-state index contributed by atoms with van der Waals surface area (Å²) in [5, 5.41) is 14.6. The fourth-order valence-electron chi connectivity index (χ4n) is 2.60. The number of hydrogen-bond acceptors (Lipinski definition) is 5. The van der Waals surface area contributed by atoms with E-state index in [-0.39, 0.29) is 18.2 Å². The highest BCUT2D eigenvalue weighted by Gasteiger charge is 2.25. The Labute approximate surface area is 140 Å². The van der Waals surface area contributed by atoms with Gasteiger partial charge in [0.1, 0.15) is 0 Å². The van der Waals surface area contributed by atoms with Crippen LogP contribution in [0.25, 0.3) is 0 Å². The Morgan fingerprint density at radius 2 is 1.79 bits per heavy atom. The number of esters is 1. The second kappa shape index (κ2) is 8.21. The number of methoxy groups -OCH3 is 1. The zero-order chi connectivity index (χ0) is 17.5. The van der Waals surface area contributed by atoms with Gasteiger partial charge in [-0.25, -0.2) is 0 Å². The Kier molecular flexibility index (Phi) is 6.03. The predicted octanol–water partition coefficient (Wildman–Crippen LogP) is 3.55. The van der Waals surface area contributed by atoms with Gasteiger partial charge >= 0.3 is 5.97 Å². The van der Waals surface area contributed by atoms with Crippen molar-refractivity contribution in [2.24, 2.45) is 0 Å². The molecule has 0 spiro atoms. The summed E-state index contributed by atoms with van der Waals surface area (Å²) in [6.45, 7) is 1.95. The largest absolute Gasteiger partial charge is 0.469 e. The summed E-state index contributed by atoms with van der Waals surface area (Å²) in [4.78, 5) is 22.6. The average Bonchev–Trinajstić information content (AvgIpc) is 2.61. The number of rotatable bonds is 7. The van der Waals surface area contributed by atoms with E-state index in [0.717, 1.165) is 5.56 Å². The maximum absolute atomic E-state index is 11.8. The molecule has 0 unspecified atom stereocenters. The van der Waals surface area contributed by atoms with Crippen LogP contribution in [0, 0.1) is 10.1 Å². The molecular formula is C18H20N2O4. The van der Waals surface area contributed by atoms with Crippen molar-refractivity contribution in [2.45, 2.75) is 25.4 Å². The number of nitrogens with zero attached hydrogens (tertiary/aromatic N) is 1. The van der Waals surface area contributed by atoms with E-state index in [1.165, 1.54) is 13.2 Å². The van der Waals surface area contributed by atoms with E-state index in [1.54, 1.807) is 18.2 Å². The highest BCUT2D eigenvalue weighted by Crippen LogP contribution is 2.29. The van der Waals surface area contributed by atoms with Gasteiger partial charge in [0.15, 0.2) is 0 Å². The van der Waals surface area contributed by atoms with Crippen molar-refractivity contribution in [2.75, 3.05) is 7.11 Å². The number of nitrogens with one attached hydrogen (secondary N) is 1. The Balaban J connectivity index is 2.32. The number of ether oxygens (including phenoxy) is 1. The molecule has 0 amide bonds. The van der Waals surface area contributed by atoms with E-state index in [0.29, 0.717) is 5.56 Å². The third-order valence-electron chi connectivity index (χ3n) is 3.86. The van der Waals surface area contributed by atoms with E-state index >= 15 is 0 Å². The van der Waals surface area contributed by atoms with Gasteiger partial charge in [-0.05, 0) is 12.5 Å². The summed E-state index contributed by atoms with van der Waals surface area (Å²) in [6.07, 6.45) is 0.0124. The topological polar surface area (TPSA) is 81.5 Å². The van der Waals surface area contributed by atoms with E-state index in [9.17, 15) is 14.9 Å². The van der Waals surface area contributed by atoms with Crippen molar-refractivity contribution in [3.8, 4) is 0 Å². The van der Waals surface area contributed by atoms with Crippen molar-refractivity contribution >= 4 is 11.7 Å². The van der Waals surface area contributed by atoms with Crippen LogP contribution in [0.2, 0.25) is 0 Å². The quantitative estimate of drug-likeness (QED) is 0.477. The monoisotopic (exact) mass is 328 g/mol. The third-order valence-corrected chi connectivity index (χ3v) is 3.86. The second-order valence-corrected chi connectivity index (χ2v) is 5.45. The van der Waals surface area contributed by atoms with Crippen molar-refractivity contribution < 1.29 is 14.5 Å². The van der Waals surface area contributed by atoms with E-state index < -0.39 is 16.9 Å². The van der Waals surface area contributed by atoms with Gasteiger partial charge in [-0.1, -0.05) is 48.5 Å². The molecule has 6 nitrogen and oxygen atoms in total. The molecule has 2 rings (SSSR count). The molecule has 0 aliphatic carbocycles. The molecule has 2 atom stereocenters. The SMILES string of the molecule is COC(=O)C[C@H](N[C@H](C)c1ccccc1)c1ccccc1[N+](=O)[O-]. The smallest absolute Gasteiger partial charge is 0.307 e. The minimum Gasteiger partial charge on any atom is -0.469 e. The molecule has 0 aliphatic heterocycles. The lowest BCUT2D eigenvalue weighted by Gasteiger charge is -2.23. The molecule has 0 heterocycles. The summed E-state index contributed by atoms with van der Waals surface area (Å²) < 4.78 is 4.74. The van der Waals surface area contributed by atoms with Crippen LogP contribution in [0.4, 0.5) is 5.69 Å². The number of benzene rings is 2. The lowest BCUT2D eigenvalue weighted by Crippen LogP contribution is -2.27. The number of nitro groups is 1. The van der Waals surface area contributed by atoms with Crippen LogP contribution in [0.1, 0.15) is 36.6 Å². The molecule has 1 N–H and O–H groups in total. The summed E-state index contributed by atoms with van der Waals surface area (Å²) in [7, 11) is 1.30. The average molecular weight is 328 g/mol. The maximum atomic E-state index is 11.8. The molecule has 0 fully saturated rings. The molecule has 0 saturated carbocycles. The molecule has 0 saturated heterocycles. The fourth-order valence-corrected chi connectivity index (χ4v) is 2.60. The van der Waals surface area contributed by atoms with E-state index in [2.05, 4.69) is 5.32 Å². The summed E-state index contributed by atoms with van der Waals surface area (Å²) in [6, 6.07) is 15.5. The minimum absolute atomic E-state index is 0.0124. The van der Waals surface area contributed by atoms with Gasteiger partial charge in [0.05, 0.1) is 18.5 Å². The number of hydrogen-bond donors (Lipinski definition) is 1. The van der Waals surface area contributed by atoms with Crippen molar-refractivity contribution in [1.82, 2.24) is 5.32 Å². The second-order valence-electron chi connectivity index (χ2n) is 5.45. The first-order chi connectivity index (χ1) is 11.5. The van der Waals surface area contributed by atoms with Gasteiger partial charge in [-0.15, -0.1) is 0 Å². The van der Waals surface area contributed by atoms with Crippen molar-refractivity contribution in [3.05, 3.63) is 75.8 Å². The molecule has 0 aromatic heterocycles. The molecule has 0 bridgehead atoms. The number of para-hydroxylation sites is 1. The number of carbonyl (C=O) groups is 1. The van der Waals surface area contributed by atoms with Gasteiger partial charge < -0.3 is 10.1 Å². The maximum Gasteiger partial charge on any atom is 0.307 e. The summed E-state index contributed by atoms with van der Waals surface area (Å²) >= 11 is 0. The fraction of sp³-hybridized carbons (Fsp3) is 0.278. The van der Waals surface area contributed by atoms with Crippen LogP contribution in [-0.2, 0) is 9.53 Å². The standard InChI is InChI=1S/C18H20N2O4/c1-13(14-8-4-3-5-9-14)19-16(12-18(21)24-2)15-10-6-7-11-17(15)20(22)23/h3-11,13,16,19H,12H2,1-2H3/t13-,16+/m1/s1. The molecule has 2 aromatic carbocycles. The summed E-state index contributed by atoms with van der Waals surface area (Å²) in [5.41, 5.74) is 1.49. The van der Waals surface area contributed by atoms with Gasteiger partial charge in [0.25, 0.3) is 5.69 Å². The van der Waals surface area contributed by atoms with Gasteiger partial charge in [0, 0.05) is 23.7 Å². The zero-order valence-corrected chi connectivity index (χ0v) is 13.6. The number of carbonyl (C=O) groups excluding carboxylic acids is 1. The molecule has 6 heteroatoms. The Morgan fingerprint density at radius 3 is 2.42 bits per heavy atom. The molecule has 0 radical (unpaired) electrons. The Morgan fingerprint density at radius 1 is 1.17 bits per heavy atom. The molecule has 2 aromatic rings. The normalized spacial score (nSPS) is 13.1. The van der Waals surface area contributed by atoms with Crippen molar-refractivity contribution in [3.63, 3.8) is 0 Å². The molecular weight excluding hydrogens is 308 g/mol. The molecule has 0 aliphatic rings. The lowest BCUT2D eigenvalue weighted by atomic mass is 9.99. The van der Waals surface area contributed by atoms with Gasteiger partial charge in [-0.2, -0.15) is 0 Å². The Bertz CT molecular complexity index is 703. The van der Waals surface area contributed by atoms with Crippen LogP contribution in [0.3, 0.4) is 0 Å². The first kappa shape index (κ1) is 17.6. The van der Waals surface area contributed by atoms with E-state index in [1.807, 2.05) is 37.3 Å². The van der Waals surface area contributed by atoms with Crippen molar-refractivity contribution in [1.29, 1.82) is 0 Å². The zero-order valence-electron chi connectivity index (χ0n) is 13.6. The Hall–Kier alpha value is -2.73. The highest BCUT2D eigenvalue weighted by atomic mass is 16.6. The summed E-state index contributed by atoms with van der Waals surface area (Å²) in [5.74, 6) is -0.425. The van der Waals surface area contributed by atoms with Crippen LogP contribution in [0.15, 0.2) is 54.6 Å². The molecule has 126 valence electrons. The first-order valence-corrected chi connectivity index (χ1v) is 7.64. The van der Waals surface area contributed by atoms with Crippen LogP contribution in [-0.4, -0.2) is 18.0 Å².